The summed E-state index contributed by atoms with van der Waals surface area (Å²) in [5.41, 5.74) is 24.0. The van der Waals surface area contributed by atoms with Gasteiger partial charge in [-0.15, -0.1) is 0 Å². The second-order valence-electron chi connectivity index (χ2n) is 21.9. The van der Waals surface area contributed by atoms with Gasteiger partial charge in [0.25, 0.3) is 0 Å². The lowest BCUT2D eigenvalue weighted by Gasteiger charge is -2.37. The molecule has 0 bridgehead atoms. The lowest BCUT2D eigenvalue weighted by molar-refractivity contribution is 0.727. The molecule has 0 heterocycles. The van der Waals surface area contributed by atoms with Gasteiger partial charge in [-0.25, -0.2) is 0 Å². The van der Waals surface area contributed by atoms with E-state index in [1.807, 2.05) is 0 Å². The third-order valence-corrected chi connectivity index (χ3v) is 17.7. The molecule has 3 aliphatic rings. The summed E-state index contributed by atoms with van der Waals surface area (Å²) in [6.07, 6.45) is 9.98. The maximum atomic E-state index is 2.68. The van der Waals surface area contributed by atoms with Gasteiger partial charge in [-0.05, 0) is 195 Å². The third kappa shape index (κ3) is 7.41. The van der Waals surface area contributed by atoms with Crippen LogP contribution in [-0.2, 0) is 19.3 Å². The molecule has 76 heavy (non-hydrogen) atoms. The van der Waals surface area contributed by atoms with Crippen LogP contribution in [0.15, 0.2) is 249 Å². The van der Waals surface area contributed by atoms with Crippen molar-refractivity contribution in [2.45, 2.75) is 62.7 Å². The smallest absolute Gasteiger partial charge is 0.0146 e. The predicted molar refractivity (Wildman–Crippen MR) is 322 cm³/mol. The molecule has 15 rings (SSSR count). The molecule has 0 saturated heterocycles. The minimum absolute atomic E-state index is 0.00592. The largest absolute Gasteiger partial charge is 0.0807 e. The molecular formula is C76H58. The van der Waals surface area contributed by atoms with Gasteiger partial charge in [0.15, 0.2) is 0 Å². The number of hydrogen-bond acceptors (Lipinski definition) is 0. The van der Waals surface area contributed by atoms with Crippen LogP contribution in [-0.4, -0.2) is 0 Å². The first-order valence-electron chi connectivity index (χ1n) is 27.8. The molecule has 0 radical (unpaired) electrons. The average Bonchev–Trinajstić information content (AvgIpc) is 4.12. The van der Waals surface area contributed by atoms with Crippen LogP contribution in [0.1, 0.15) is 99.1 Å². The zero-order chi connectivity index (χ0) is 50.1. The number of benzene rings is 12. The highest BCUT2D eigenvalue weighted by Gasteiger charge is 2.42. The van der Waals surface area contributed by atoms with Crippen molar-refractivity contribution in [3.05, 3.63) is 304 Å². The second-order valence-corrected chi connectivity index (χ2v) is 21.9. The second kappa shape index (κ2) is 18.7. The third-order valence-electron chi connectivity index (χ3n) is 17.7. The molecule has 0 amide bonds. The van der Waals surface area contributed by atoms with Crippen molar-refractivity contribution >= 4 is 48.7 Å². The Kier molecular flexibility index (Phi) is 11.0. The van der Waals surface area contributed by atoms with E-state index in [0.717, 1.165) is 32.1 Å². The number of rotatable bonds is 10. The van der Waals surface area contributed by atoms with Gasteiger partial charge >= 0.3 is 0 Å². The number of fused-ring (bicyclic) bond motifs is 2. The topological polar surface area (TPSA) is 0 Å². The van der Waals surface area contributed by atoms with E-state index in [0.29, 0.717) is 0 Å². The molecular weight excluding hydrogens is 913 g/mol. The van der Waals surface area contributed by atoms with E-state index in [-0.39, 0.29) is 17.8 Å². The monoisotopic (exact) mass is 970 g/mol. The van der Waals surface area contributed by atoms with Gasteiger partial charge in [-0.2, -0.15) is 0 Å². The molecule has 0 spiro atoms. The quantitative estimate of drug-likeness (QED) is 0.120. The summed E-state index contributed by atoms with van der Waals surface area (Å²) in [6.45, 7) is 0. The molecule has 0 nitrogen and oxygen atoms in total. The van der Waals surface area contributed by atoms with E-state index in [9.17, 15) is 0 Å². The zero-order valence-corrected chi connectivity index (χ0v) is 42.9. The fourth-order valence-corrected chi connectivity index (χ4v) is 14.5. The predicted octanol–water partition coefficient (Wildman–Crippen LogP) is 20.0. The van der Waals surface area contributed by atoms with Crippen LogP contribution in [0.2, 0.25) is 0 Å². The Morgan fingerprint density at radius 1 is 0.395 bits per heavy atom. The normalized spacial score (nSPS) is 16.2. The van der Waals surface area contributed by atoms with Gasteiger partial charge in [-0.1, -0.05) is 237 Å². The van der Waals surface area contributed by atoms with E-state index < -0.39 is 0 Å². The van der Waals surface area contributed by atoms with Crippen molar-refractivity contribution in [2.24, 2.45) is 0 Å². The maximum absolute atomic E-state index is 2.68. The SMILES string of the molecule is C1=C(c2c(C(Cc3ccccc3)c3ccccc3)c(-c3ccccc3-c3ccccc3)c(-c3cccc4cc5ccccc5cc34)c(C3Cc4cccc5cccc3c45)c2C2Cc3cccc4cccc2c34)CCCC1. The summed E-state index contributed by atoms with van der Waals surface area (Å²) < 4.78 is 0. The standard InChI is InChI=1S/C76H58/c1-5-22-49(23-6-1)44-66(51-26-9-3-10-27-51)74-71(54-28-11-4-12-29-54)75(67-47-58-37-17-32-52-34-19-42-63(67)69(52)58)76(68-48-59-38-18-33-53-35-20-43-64(68)70(53)59)73(72(74)61-40-16-15-39-60(61)50-24-7-2-8-25-50)62-41-21-36-57-45-55-30-13-14-31-56(55)46-65(57)62/h1-3,5-10,13-28,30-43,45-46,66-68H,4,11-12,29,44,47-48H2. The van der Waals surface area contributed by atoms with Crippen molar-refractivity contribution in [3.8, 4) is 33.4 Å². The lowest BCUT2D eigenvalue weighted by Crippen LogP contribution is -2.20. The Labute approximate surface area is 446 Å². The molecule has 0 aromatic heterocycles. The van der Waals surface area contributed by atoms with Crippen molar-refractivity contribution < 1.29 is 0 Å². The minimum Gasteiger partial charge on any atom is -0.0807 e. The molecule has 0 heteroatoms. The van der Waals surface area contributed by atoms with Crippen molar-refractivity contribution in [1.29, 1.82) is 0 Å². The Hall–Kier alpha value is -8.58. The molecule has 3 aliphatic carbocycles. The van der Waals surface area contributed by atoms with Crippen LogP contribution in [0.3, 0.4) is 0 Å². The summed E-state index contributed by atoms with van der Waals surface area (Å²) in [5, 5.41) is 10.7. The Morgan fingerprint density at radius 3 is 1.58 bits per heavy atom. The van der Waals surface area contributed by atoms with Gasteiger partial charge in [0.1, 0.15) is 0 Å². The summed E-state index contributed by atoms with van der Waals surface area (Å²) >= 11 is 0. The maximum Gasteiger partial charge on any atom is 0.0146 e. The fraction of sp³-hybridized carbons (Fsp3) is 0.132. The van der Waals surface area contributed by atoms with E-state index in [1.54, 1.807) is 5.56 Å². The van der Waals surface area contributed by atoms with Crippen molar-refractivity contribution in [3.63, 3.8) is 0 Å². The van der Waals surface area contributed by atoms with Crippen LogP contribution in [0, 0.1) is 0 Å². The van der Waals surface area contributed by atoms with Crippen LogP contribution in [0.25, 0.3) is 82.0 Å². The Bertz CT molecular complexity index is 4240. The Morgan fingerprint density at radius 2 is 0.921 bits per heavy atom. The summed E-state index contributed by atoms with van der Waals surface area (Å²) in [4.78, 5) is 0. The molecule has 0 aliphatic heterocycles. The summed E-state index contributed by atoms with van der Waals surface area (Å²) in [7, 11) is 0. The van der Waals surface area contributed by atoms with Crippen LogP contribution < -0.4 is 0 Å². The molecule has 362 valence electrons. The van der Waals surface area contributed by atoms with Crippen LogP contribution >= 0.6 is 0 Å². The number of allylic oxidation sites excluding steroid dienone is 2. The molecule has 3 atom stereocenters. The van der Waals surface area contributed by atoms with Crippen LogP contribution in [0.5, 0.6) is 0 Å². The average molecular weight is 971 g/mol. The van der Waals surface area contributed by atoms with E-state index in [1.165, 1.54) is 145 Å². The van der Waals surface area contributed by atoms with Gasteiger partial charge in [0.2, 0.25) is 0 Å². The highest BCUT2D eigenvalue weighted by molar-refractivity contribution is 6.10. The molecule has 12 aromatic rings. The minimum atomic E-state index is 0.00592. The molecule has 0 N–H and O–H groups in total. The first-order valence-corrected chi connectivity index (χ1v) is 27.8. The van der Waals surface area contributed by atoms with Gasteiger partial charge in [-0.3, -0.25) is 0 Å². The van der Waals surface area contributed by atoms with E-state index in [4.69, 9.17) is 0 Å². The highest BCUT2D eigenvalue weighted by Crippen LogP contribution is 2.60. The highest BCUT2D eigenvalue weighted by atomic mass is 14.4. The number of hydrogen-bond donors (Lipinski definition) is 0. The van der Waals surface area contributed by atoms with Crippen molar-refractivity contribution in [2.75, 3.05) is 0 Å². The summed E-state index contributed by atoms with van der Waals surface area (Å²) in [5.74, 6) is 0.219. The van der Waals surface area contributed by atoms with Gasteiger partial charge in [0, 0.05) is 17.8 Å². The molecule has 0 fully saturated rings. The zero-order valence-electron chi connectivity index (χ0n) is 42.9. The molecule has 3 unspecified atom stereocenters. The van der Waals surface area contributed by atoms with E-state index in [2.05, 4.69) is 249 Å². The first kappa shape index (κ1) is 44.9. The summed E-state index contributed by atoms with van der Waals surface area (Å²) in [6, 6.07) is 93.3. The fourth-order valence-electron chi connectivity index (χ4n) is 14.5. The van der Waals surface area contributed by atoms with Gasteiger partial charge < -0.3 is 0 Å². The lowest BCUT2D eigenvalue weighted by atomic mass is 9.65. The van der Waals surface area contributed by atoms with Crippen molar-refractivity contribution in [1.82, 2.24) is 0 Å². The molecule has 0 saturated carbocycles. The first-order chi connectivity index (χ1) is 37.7. The van der Waals surface area contributed by atoms with Crippen LogP contribution in [0.4, 0.5) is 0 Å². The van der Waals surface area contributed by atoms with E-state index >= 15 is 0 Å². The molecule has 12 aromatic carbocycles. The Balaban J connectivity index is 1.22. The van der Waals surface area contributed by atoms with Gasteiger partial charge in [0.05, 0.1) is 0 Å².